The number of carbonyl (C=O) groups excluding carboxylic acids is 2. The summed E-state index contributed by atoms with van der Waals surface area (Å²) in [6.45, 7) is 0.0137. The zero-order chi connectivity index (χ0) is 12.0. The second-order valence-corrected chi connectivity index (χ2v) is 4.07. The summed E-state index contributed by atoms with van der Waals surface area (Å²) in [7, 11) is 1.53. The summed E-state index contributed by atoms with van der Waals surface area (Å²) in [4.78, 5) is 22.4. The molecule has 4 nitrogen and oxygen atoms in total. The summed E-state index contributed by atoms with van der Waals surface area (Å²) in [5, 5.41) is 4.97. The van der Waals surface area contributed by atoms with Gasteiger partial charge in [0, 0.05) is 11.5 Å². The second kappa shape index (κ2) is 6.27. The van der Waals surface area contributed by atoms with Gasteiger partial charge in [-0.1, -0.05) is 34.1 Å². The monoisotopic (exact) mass is 284 g/mol. The molecule has 2 N–H and O–H groups in total. The van der Waals surface area contributed by atoms with Crippen LogP contribution in [0.1, 0.15) is 5.56 Å². The number of rotatable bonds is 4. The summed E-state index contributed by atoms with van der Waals surface area (Å²) >= 11 is 3.36. The number of nitrogens with one attached hydrogen (secondary N) is 2. The van der Waals surface area contributed by atoms with Gasteiger partial charge in [0.05, 0.1) is 13.0 Å². The van der Waals surface area contributed by atoms with Gasteiger partial charge in [-0.2, -0.15) is 0 Å². The number of carbonyl (C=O) groups is 2. The zero-order valence-electron chi connectivity index (χ0n) is 8.92. The second-order valence-electron chi connectivity index (χ2n) is 3.22. The molecule has 0 unspecified atom stereocenters. The smallest absolute Gasteiger partial charge is 0.239 e. The summed E-state index contributed by atoms with van der Waals surface area (Å²) in [5.74, 6) is -0.379. The van der Waals surface area contributed by atoms with Gasteiger partial charge in [-0.3, -0.25) is 9.59 Å². The normalized spacial score (nSPS) is 9.62. The fourth-order valence-corrected chi connectivity index (χ4v) is 1.57. The average molecular weight is 285 g/mol. The highest BCUT2D eigenvalue weighted by Crippen LogP contribution is 2.15. The molecule has 5 heteroatoms. The van der Waals surface area contributed by atoms with Gasteiger partial charge in [-0.05, 0) is 11.6 Å². The summed E-state index contributed by atoms with van der Waals surface area (Å²) in [6.07, 6.45) is 0.262. The molecule has 1 aromatic carbocycles. The van der Waals surface area contributed by atoms with E-state index in [-0.39, 0.29) is 24.8 Å². The first-order chi connectivity index (χ1) is 7.63. The average Bonchev–Trinajstić information content (AvgIpc) is 2.29. The lowest BCUT2D eigenvalue weighted by atomic mass is 10.1. The van der Waals surface area contributed by atoms with Crippen molar-refractivity contribution >= 4 is 27.7 Å². The molecule has 2 amide bonds. The van der Waals surface area contributed by atoms with Crippen molar-refractivity contribution in [2.45, 2.75) is 6.42 Å². The highest BCUT2D eigenvalue weighted by atomic mass is 79.9. The molecule has 0 bridgehead atoms. The van der Waals surface area contributed by atoms with E-state index in [0.717, 1.165) is 10.0 Å². The van der Waals surface area contributed by atoms with Crippen molar-refractivity contribution in [1.82, 2.24) is 10.6 Å². The van der Waals surface area contributed by atoms with Crippen LogP contribution in [0.2, 0.25) is 0 Å². The Kier molecular flexibility index (Phi) is 4.98. The maximum atomic E-state index is 11.5. The standard InChI is InChI=1S/C11H13BrN2O2/c1-13-11(16)7-14-10(15)6-8-4-2-3-5-9(8)12/h2-5H,6-7H2,1H3,(H,13,16)(H,14,15). The molecule has 0 aliphatic carbocycles. The molecule has 0 saturated carbocycles. The number of benzene rings is 1. The van der Waals surface area contributed by atoms with Gasteiger partial charge in [0.25, 0.3) is 0 Å². The van der Waals surface area contributed by atoms with Crippen LogP contribution in [0.3, 0.4) is 0 Å². The molecule has 0 atom stereocenters. The van der Waals surface area contributed by atoms with Crippen molar-refractivity contribution in [3.05, 3.63) is 34.3 Å². The van der Waals surface area contributed by atoms with Gasteiger partial charge in [0.2, 0.25) is 11.8 Å². The summed E-state index contributed by atoms with van der Waals surface area (Å²) < 4.78 is 0.894. The minimum atomic E-state index is -0.208. The number of amides is 2. The molecule has 86 valence electrons. The van der Waals surface area contributed by atoms with Crippen molar-refractivity contribution in [2.75, 3.05) is 13.6 Å². The van der Waals surface area contributed by atoms with Crippen LogP contribution in [0.4, 0.5) is 0 Å². The van der Waals surface area contributed by atoms with E-state index in [0.29, 0.717) is 0 Å². The van der Waals surface area contributed by atoms with Crippen LogP contribution in [0.25, 0.3) is 0 Å². The molecule has 0 spiro atoms. The molecule has 0 radical (unpaired) electrons. The molecule has 0 aliphatic heterocycles. The van der Waals surface area contributed by atoms with Gasteiger partial charge in [-0.15, -0.1) is 0 Å². The maximum absolute atomic E-state index is 11.5. The Morgan fingerprint density at radius 1 is 1.25 bits per heavy atom. The molecule has 0 aliphatic rings. The SMILES string of the molecule is CNC(=O)CNC(=O)Cc1ccccc1Br. The largest absolute Gasteiger partial charge is 0.358 e. The molecular weight excluding hydrogens is 272 g/mol. The highest BCUT2D eigenvalue weighted by molar-refractivity contribution is 9.10. The van der Waals surface area contributed by atoms with Crippen molar-refractivity contribution < 1.29 is 9.59 Å². The number of hydrogen-bond acceptors (Lipinski definition) is 2. The van der Waals surface area contributed by atoms with E-state index in [4.69, 9.17) is 0 Å². The Balaban J connectivity index is 2.46. The van der Waals surface area contributed by atoms with E-state index < -0.39 is 0 Å². The van der Waals surface area contributed by atoms with Gasteiger partial charge >= 0.3 is 0 Å². The molecule has 0 fully saturated rings. The Hall–Kier alpha value is -1.36. The van der Waals surface area contributed by atoms with Crippen LogP contribution in [0.15, 0.2) is 28.7 Å². The predicted molar refractivity (Wildman–Crippen MR) is 64.9 cm³/mol. The van der Waals surface area contributed by atoms with E-state index in [1.54, 1.807) is 0 Å². The van der Waals surface area contributed by atoms with Crippen molar-refractivity contribution in [1.29, 1.82) is 0 Å². The summed E-state index contributed by atoms with van der Waals surface area (Å²) in [6, 6.07) is 7.49. The lowest BCUT2D eigenvalue weighted by Crippen LogP contribution is -2.35. The molecule has 0 heterocycles. The predicted octanol–water partition coefficient (Wildman–Crippen LogP) is 0.854. The Morgan fingerprint density at radius 3 is 2.56 bits per heavy atom. The van der Waals surface area contributed by atoms with Crippen LogP contribution < -0.4 is 10.6 Å². The van der Waals surface area contributed by atoms with Crippen LogP contribution in [0.5, 0.6) is 0 Å². The topological polar surface area (TPSA) is 58.2 Å². The number of halogens is 1. The Labute approximate surface area is 103 Å². The van der Waals surface area contributed by atoms with E-state index in [1.807, 2.05) is 24.3 Å². The van der Waals surface area contributed by atoms with Crippen molar-refractivity contribution in [3.8, 4) is 0 Å². The minimum absolute atomic E-state index is 0.0137. The Bertz CT molecular complexity index is 393. The lowest BCUT2D eigenvalue weighted by molar-refractivity contribution is -0.125. The molecule has 1 aromatic rings. The number of hydrogen-bond donors (Lipinski definition) is 2. The first kappa shape index (κ1) is 12.7. The van der Waals surface area contributed by atoms with Gasteiger partial charge in [0.1, 0.15) is 0 Å². The van der Waals surface area contributed by atoms with Crippen LogP contribution in [-0.2, 0) is 16.0 Å². The molecule has 0 saturated heterocycles. The number of likely N-dealkylation sites (N-methyl/N-ethyl adjacent to an activating group) is 1. The molecular formula is C11H13BrN2O2. The third-order valence-corrected chi connectivity index (χ3v) is 2.81. The molecule has 0 aromatic heterocycles. The van der Waals surface area contributed by atoms with Crippen molar-refractivity contribution in [3.63, 3.8) is 0 Å². The van der Waals surface area contributed by atoms with E-state index in [2.05, 4.69) is 26.6 Å². The highest BCUT2D eigenvalue weighted by Gasteiger charge is 2.07. The maximum Gasteiger partial charge on any atom is 0.239 e. The molecule has 1 rings (SSSR count). The first-order valence-corrected chi connectivity index (χ1v) is 5.63. The zero-order valence-corrected chi connectivity index (χ0v) is 10.5. The van der Waals surface area contributed by atoms with E-state index in [1.165, 1.54) is 7.05 Å². The van der Waals surface area contributed by atoms with E-state index in [9.17, 15) is 9.59 Å². The minimum Gasteiger partial charge on any atom is -0.358 e. The first-order valence-electron chi connectivity index (χ1n) is 4.84. The van der Waals surface area contributed by atoms with E-state index >= 15 is 0 Å². The lowest BCUT2D eigenvalue weighted by Gasteiger charge is -2.05. The Morgan fingerprint density at radius 2 is 1.94 bits per heavy atom. The van der Waals surface area contributed by atoms with Gasteiger partial charge < -0.3 is 10.6 Å². The van der Waals surface area contributed by atoms with Crippen molar-refractivity contribution in [2.24, 2.45) is 0 Å². The van der Waals surface area contributed by atoms with Gasteiger partial charge in [0.15, 0.2) is 0 Å². The summed E-state index contributed by atoms with van der Waals surface area (Å²) in [5.41, 5.74) is 0.900. The fourth-order valence-electron chi connectivity index (χ4n) is 1.14. The quantitative estimate of drug-likeness (QED) is 0.862. The van der Waals surface area contributed by atoms with Crippen LogP contribution in [-0.4, -0.2) is 25.4 Å². The fraction of sp³-hybridized carbons (Fsp3) is 0.273. The molecule has 16 heavy (non-hydrogen) atoms. The van der Waals surface area contributed by atoms with Crippen LogP contribution >= 0.6 is 15.9 Å². The third-order valence-electron chi connectivity index (χ3n) is 2.03. The van der Waals surface area contributed by atoms with Gasteiger partial charge in [-0.25, -0.2) is 0 Å². The third kappa shape index (κ3) is 4.02. The van der Waals surface area contributed by atoms with Crippen LogP contribution in [0, 0.1) is 0 Å².